The standard InChI is InChI=1S/C23H12Cl2N4O5/c24-17-19(27-15-7-8-26-29-28-15)16-21(18(25)20(17)31)33-14-9-10(30)5-6-13(14)23(16)12-4-2-1-3-11(12)22(32)34-23/h1-9,30-31H,(H,26,27,28). The molecule has 0 fully saturated rings. The first kappa shape index (κ1) is 20.5. The Morgan fingerprint density at radius 2 is 1.82 bits per heavy atom. The van der Waals surface area contributed by atoms with Crippen molar-refractivity contribution in [2.45, 2.75) is 5.60 Å². The maximum atomic E-state index is 13.1. The topological polar surface area (TPSA) is 127 Å². The Labute approximate surface area is 201 Å². The number of aromatic nitrogens is 3. The smallest absolute Gasteiger partial charge is 0.340 e. The number of nitrogens with zero attached hydrogens (tertiary/aromatic N) is 3. The lowest BCUT2D eigenvalue weighted by atomic mass is 9.76. The minimum Gasteiger partial charge on any atom is -0.508 e. The molecule has 0 saturated heterocycles. The average molecular weight is 495 g/mol. The summed E-state index contributed by atoms with van der Waals surface area (Å²) in [7, 11) is 0. The lowest BCUT2D eigenvalue weighted by Gasteiger charge is -2.38. The van der Waals surface area contributed by atoms with E-state index >= 15 is 0 Å². The minimum atomic E-state index is -1.56. The highest BCUT2D eigenvalue weighted by atomic mass is 35.5. The van der Waals surface area contributed by atoms with Gasteiger partial charge in [-0.25, -0.2) is 4.79 Å². The molecule has 1 unspecified atom stereocenters. The number of ether oxygens (including phenoxy) is 2. The molecular weight excluding hydrogens is 483 g/mol. The van der Waals surface area contributed by atoms with Crippen LogP contribution in [0.25, 0.3) is 0 Å². The van der Waals surface area contributed by atoms with E-state index in [1.165, 1.54) is 18.3 Å². The highest BCUT2D eigenvalue weighted by Crippen LogP contribution is 2.63. The molecule has 0 saturated carbocycles. The fourth-order valence-electron chi connectivity index (χ4n) is 4.37. The largest absolute Gasteiger partial charge is 0.508 e. The number of rotatable bonds is 2. The quantitative estimate of drug-likeness (QED) is 0.333. The number of carbonyl (C=O) groups excluding carboxylic acids is 1. The van der Waals surface area contributed by atoms with E-state index in [0.29, 0.717) is 16.7 Å². The predicted octanol–water partition coefficient (Wildman–Crippen LogP) is 4.90. The molecule has 3 N–H and O–H groups in total. The van der Waals surface area contributed by atoms with Gasteiger partial charge in [-0.15, -0.1) is 10.2 Å². The van der Waals surface area contributed by atoms with Crippen molar-refractivity contribution < 1.29 is 24.5 Å². The van der Waals surface area contributed by atoms with Crippen molar-refractivity contribution in [1.82, 2.24) is 15.4 Å². The summed E-state index contributed by atoms with van der Waals surface area (Å²) < 4.78 is 12.1. The SMILES string of the molecule is O=C1OC2(c3ccc(O)cc3Oc3c(Cl)c(O)c(Cl)c(Nc4ccnnn4)c32)c2ccccc21. The van der Waals surface area contributed by atoms with Crippen LogP contribution in [0.5, 0.6) is 23.0 Å². The van der Waals surface area contributed by atoms with E-state index < -0.39 is 17.3 Å². The van der Waals surface area contributed by atoms with Gasteiger partial charge in [-0.3, -0.25) is 0 Å². The minimum absolute atomic E-state index is 0.00400. The summed E-state index contributed by atoms with van der Waals surface area (Å²) >= 11 is 13.1. The van der Waals surface area contributed by atoms with Gasteiger partial charge in [0.2, 0.25) is 0 Å². The molecule has 2 aliphatic rings. The molecule has 0 amide bonds. The number of carbonyl (C=O) groups is 1. The third-order valence-corrected chi connectivity index (χ3v) is 6.47. The average Bonchev–Trinajstić information content (AvgIpc) is 3.14. The molecule has 1 atom stereocenters. The van der Waals surface area contributed by atoms with Crippen LogP contribution >= 0.6 is 23.2 Å². The summed E-state index contributed by atoms with van der Waals surface area (Å²) in [6, 6.07) is 12.8. The number of esters is 1. The van der Waals surface area contributed by atoms with Crippen LogP contribution in [-0.2, 0) is 10.3 Å². The lowest BCUT2D eigenvalue weighted by Crippen LogP contribution is -2.34. The predicted molar refractivity (Wildman–Crippen MR) is 121 cm³/mol. The Morgan fingerprint density at radius 1 is 1.00 bits per heavy atom. The second kappa shape index (κ2) is 7.21. The van der Waals surface area contributed by atoms with Crippen molar-refractivity contribution in [2.75, 3.05) is 5.32 Å². The van der Waals surface area contributed by atoms with Crippen molar-refractivity contribution in [3.63, 3.8) is 0 Å². The van der Waals surface area contributed by atoms with Crippen LogP contribution in [0.15, 0.2) is 54.7 Å². The monoisotopic (exact) mass is 494 g/mol. The van der Waals surface area contributed by atoms with Crippen LogP contribution in [0, 0.1) is 0 Å². The van der Waals surface area contributed by atoms with Crippen molar-refractivity contribution in [3.8, 4) is 23.0 Å². The number of hydrogen-bond acceptors (Lipinski definition) is 9. The molecule has 3 aromatic carbocycles. The van der Waals surface area contributed by atoms with Crippen LogP contribution in [0.4, 0.5) is 11.5 Å². The molecule has 0 radical (unpaired) electrons. The summed E-state index contributed by atoms with van der Waals surface area (Å²) in [4.78, 5) is 13.1. The van der Waals surface area contributed by atoms with E-state index in [1.807, 2.05) is 0 Å². The van der Waals surface area contributed by atoms with E-state index in [4.69, 9.17) is 32.7 Å². The third kappa shape index (κ3) is 2.68. The van der Waals surface area contributed by atoms with E-state index in [-0.39, 0.29) is 44.4 Å². The molecule has 1 aromatic heterocycles. The van der Waals surface area contributed by atoms with Crippen molar-refractivity contribution in [1.29, 1.82) is 0 Å². The number of nitrogens with one attached hydrogen (secondary N) is 1. The Bertz CT molecular complexity index is 1520. The zero-order valence-electron chi connectivity index (χ0n) is 16.9. The normalized spacial score (nSPS) is 17.4. The Morgan fingerprint density at radius 3 is 2.62 bits per heavy atom. The summed E-state index contributed by atoms with van der Waals surface area (Å²) in [5.41, 5.74) is 0.103. The Kier molecular flexibility index (Phi) is 4.35. The number of anilines is 2. The van der Waals surface area contributed by atoms with E-state index in [1.54, 1.807) is 36.4 Å². The third-order valence-electron chi connectivity index (χ3n) is 5.75. The molecule has 168 valence electrons. The first-order chi connectivity index (χ1) is 16.4. The number of phenols is 2. The number of fused-ring (bicyclic) bond motifs is 6. The molecule has 9 nitrogen and oxygen atoms in total. The van der Waals surface area contributed by atoms with E-state index in [0.717, 1.165) is 0 Å². The van der Waals surface area contributed by atoms with Crippen molar-refractivity contribution >= 4 is 40.7 Å². The Balaban J connectivity index is 1.75. The molecule has 1 spiro atoms. The van der Waals surface area contributed by atoms with Crippen LogP contribution in [0.3, 0.4) is 0 Å². The number of aromatic hydroxyl groups is 2. The van der Waals surface area contributed by atoms with E-state index in [2.05, 4.69) is 20.7 Å². The van der Waals surface area contributed by atoms with Gasteiger partial charge in [0.05, 0.1) is 23.0 Å². The van der Waals surface area contributed by atoms with Gasteiger partial charge >= 0.3 is 5.97 Å². The summed E-state index contributed by atoms with van der Waals surface area (Å²) in [6.45, 7) is 0. The maximum Gasteiger partial charge on any atom is 0.340 e. The van der Waals surface area contributed by atoms with Gasteiger partial charge in [0.25, 0.3) is 0 Å². The highest BCUT2D eigenvalue weighted by Gasteiger charge is 2.56. The van der Waals surface area contributed by atoms with Crippen molar-refractivity contribution in [3.05, 3.63) is 87.0 Å². The first-order valence-corrected chi connectivity index (χ1v) is 10.7. The number of halogens is 2. The van der Waals surface area contributed by atoms with Crippen molar-refractivity contribution in [2.24, 2.45) is 0 Å². The fraction of sp³-hybridized carbons (Fsp3) is 0.0435. The molecule has 2 aliphatic heterocycles. The van der Waals surface area contributed by atoms with Gasteiger partial charge in [-0.2, -0.15) is 0 Å². The zero-order chi connectivity index (χ0) is 23.6. The van der Waals surface area contributed by atoms with Gasteiger partial charge in [-0.1, -0.05) is 41.4 Å². The van der Waals surface area contributed by atoms with Crippen LogP contribution in [0.2, 0.25) is 10.0 Å². The van der Waals surface area contributed by atoms with Crippen LogP contribution in [-0.4, -0.2) is 31.6 Å². The molecule has 0 bridgehead atoms. The fourth-order valence-corrected chi connectivity index (χ4v) is 4.89. The van der Waals surface area contributed by atoms with Crippen LogP contribution in [0.1, 0.15) is 27.0 Å². The van der Waals surface area contributed by atoms with Gasteiger partial charge in [0.1, 0.15) is 21.5 Å². The maximum absolute atomic E-state index is 13.1. The summed E-state index contributed by atoms with van der Waals surface area (Å²) in [5, 5.41) is 34.7. The second-order valence-corrected chi connectivity index (χ2v) is 8.34. The van der Waals surface area contributed by atoms with Crippen LogP contribution < -0.4 is 10.1 Å². The first-order valence-electron chi connectivity index (χ1n) is 9.91. The number of benzene rings is 3. The number of phenolic OH excluding ortho intramolecular Hbond substituents is 2. The Hall–Kier alpha value is -4.08. The second-order valence-electron chi connectivity index (χ2n) is 7.59. The van der Waals surface area contributed by atoms with Gasteiger partial charge in [0, 0.05) is 23.3 Å². The zero-order valence-corrected chi connectivity index (χ0v) is 18.4. The van der Waals surface area contributed by atoms with Gasteiger partial charge < -0.3 is 25.0 Å². The summed E-state index contributed by atoms with van der Waals surface area (Å²) in [5.74, 6) is -0.661. The summed E-state index contributed by atoms with van der Waals surface area (Å²) in [6.07, 6.45) is 1.42. The lowest BCUT2D eigenvalue weighted by molar-refractivity contribution is 0.0226. The number of hydrogen-bond donors (Lipinski definition) is 3. The van der Waals surface area contributed by atoms with Gasteiger partial charge in [0.15, 0.2) is 22.9 Å². The molecule has 0 aliphatic carbocycles. The molecule has 11 heteroatoms. The molecular formula is C23H12Cl2N4O5. The molecule has 34 heavy (non-hydrogen) atoms. The highest BCUT2D eigenvalue weighted by molar-refractivity contribution is 6.40. The van der Waals surface area contributed by atoms with Gasteiger partial charge in [-0.05, 0) is 23.4 Å². The molecule has 3 heterocycles. The molecule has 6 rings (SSSR count). The molecule has 4 aromatic rings. The van der Waals surface area contributed by atoms with E-state index in [9.17, 15) is 15.0 Å².